The lowest BCUT2D eigenvalue weighted by Crippen LogP contribution is -2.47. The Morgan fingerprint density at radius 1 is 1.14 bits per heavy atom. The molecular formula is C16H21F3O3. The van der Waals surface area contributed by atoms with Crippen molar-refractivity contribution in [1.82, 2.24) is 0 Å². The first-order valence-electron chi connectivity index (χ1n) is 6.98. The van der Waals surface area contributed by atoms with E-state index in [1.807, 2.05) is 0 Å². The highest BCUT2D eigenvalue weighted by Crippen LogP contribution is 2.32. The Morgan fingerprint density at radius 2 is 1.68 bits per heavy atom. The lowest BCUT2D eigenvalue weighted by Gasteiger charge is -2.31. The maximum Gasteiger partial charge on any atom is 0.392 e. The van der Waals surface area contributed by atoms with Crippen molar-refractivity contribution < 1.29 is 27.8 Å². The number of esters is 1. The number of carbonyl (C=O) groups excluding carboxylic acids is 1. The molecule has 0 aliphatic carbocycles. The Bertz CT molecular complexity index is 492. The largest absolute Gasteiger partial charge is 0.458 e. The summed E-state index contributed by atoms with van der Waals surface area (Å²) in [5.74, 6) is -1.24. The average Bonchev–Trinajstić information content (AvgIpc) is 2.33. The van der Waals surface area contributed by atoms with Crippen LogP contribution in [0.3, 0.4) is 0 Å². The first kappa shape index (κ1) is 18.5. The number of aryl methyl sites for hydroxylation is 1. The van der Waals surface area contributed by atoms with Crippen molar-refractivity contribution in [1.29, 1.82) is 0 Å². The first-order valence-corrected chi connectivity index (χ1v) is 6.98. The van der Waals surface area contributed by atoms with E-state index in [2.05, 4.69) is 0 Å². The number of hydrogen-bond donors (Lipinski definition) is 1. The maximum absolute atomic E-state index is 12.7. The van der Waals surface area contributed by atoms with E-state index in [4.69, 9.17) is 4.74 Å². The van der Waals surface area contributed by atoms with Crippen molar-refractivity contribution in [2.24, 2.45) is 0 Å². The standard InChI is InChI=1S/C16H21F3O3/c1-14(2,3)22-13(20)15(21,11-16(17,18)19)10-9-12-7-5-4-6-8-12/h4-8,21H,9-11H2,1-3H3. The molecule has 0 amide bonds. The molecule has 0 aliphatic rings. The van der Waals surface area contributed by atoms with Crippen LogP contribution in [0.15, 0.2) is 30.3 Å². The van der Waals surface area contributed by atoms with E-state index in [1.165, 1.54) is 20.8 Å². The molecular weight excluding hydrogens is 297 g/mol. The normalized spacial score (nSPS) is 15.2. The van der Waals surface area contributed by atoms with Gasteiger partial charge in [-0.2, -0.15) is 13.2 Å². The number of alkyl halides is 3. The van der Waals surface area contributed by atoms with Crippen molar-refractivity contribution in [2.45, 2.75) is 57.4 Å². The van der Waals surface area contributed by atoms with Crippen LogP contribution in [0.5, 0.6) is 0 Å². The molecule has 1 unspecified atom stereocenters. The topological polar surface area (TPSA) is 46.5 Å². The predicted octanol–water partition coefficient (Wildman–Crippen LogP) is 3.64. The van der Waals surface area contributed by atoms with Crippen molar-refractivity contribution in [3.8, 4) is 0 Å². The van der Waals surface area contributed by atoms with Crippen LogP contribution in [-0.4, -0.2) is 28.5 Å². The van der Waals surface area contributed by atoms with Gasteiger partial charge in [0.1, 0.15) is 5.60 Å². The van der Waals surface area contributed by atoms with Gasteiger partial charge in [-0.15, -0.1) is 0 Å². The molecule has 0 bridgehead atoms. The van der Waals surface area contributed by atoms with E-state index >= 15 is 0 Å². The highest BCUT2D eigenvalue weighted by molar-refractivity contribution is 5.79. The molecule has 1 atom stereocenters. The van der Waals surface area contributed by atoms with Gasteiger partial charge >= 0.3 is 12.1 Å². The first-order chi connectivity index (χ1) is 9.91. The van der Waals surface area contributed by atoms with Crippen LogP contribution in [0.2, 0.25) is 0 Å². The summed E-state index contributed by atoms with van der Waals surface area (Å²) in [7, 11) is 0. The van der Waals surface area contributed by atoms with Crippen molar-refractivity contribution in [3.63, 3.8) is 0 Å². The summed E-state index contributed by atoms with van der Waals surface area (Å²) in [4.78, 5) is 12.0. The molecule has 0 fully saturated rings. The van der Waals surface area contributed by atoms with Crippen molar-refractivity contribution in [2.75, 3.05) is 0 Å². The Morgan fingerprint density at radius 3 is 2.14 bits per heavy atom. The minimum Gasteiger partial charge on any atom is -0.458 e. The van der Waals surface area contributed by atoms with Gasteiger partial charge < -0.3 is 9.84 Å². The Kier molecular flexibility index (Phi) is 5.62. The third-order valence-electron chi connectivity index (χ3n) is 2.94. The third kappa shape index (κ3) is 6.47. The van der Waals surface area contributed by atoms with E-state index in [9.17, 15) is 23.1 Å². The number of ether oxygens (including phenoxy) is 1. The van der Waals surface area contributed by atoms with Crippen molar-refractivity contribution >= 4 is 5.97 Å². The predicted molar refractivity (Wildman–Crippen MR) is 76.2 cm³/mol. The fourth-order valence-corrected chi connectivity index (χ4v) is 1.96. The average molecular weight is 318 g/mol. The Balaban J connectivity index is 2.89. The van der Waals surface area contributed by atoms with Crippen LogP contribution in [0.25, 0.3) is 0 Å². The van der Waals surface area contributed by atoms with Gasteiger partial charge in [0.05, 0.1) is 6.42 Å². The molecule has 0 heterocycles. The highest BCUT2D eigenvalue weighted by atomic mass is 19.4. The number of hydrogen-bond acceptors (Lipinski definition) is 3. The molecule has 1 N–H and O–H groups in total. The summed E-state index contributed by atoms with van der Waals surface area (Å²) < 4.78 is 43.1. The molecule has 22 heavy (non-hydrogen) atoms. The summed E-state index contributed by atoms with van der Waals surface area (Å²) in [6, 6.07) is 8.71. The molecule has 0 saturated heterocycles. The quantitative estimate of drug-likeness (QED) is 0.843. The fraction of sp³-hybridized carbons (Fsp3) is 0.562. The number of aliphatic hydroxyl groups is 1. The molecule has 6 heteroatoms. The van der Waals surface area contributed by atoms with Gasteiger partial charge in [-0.3, -0.25) is 0 Å². The third-order valence-corrected chi connectivity index (χ3v) is 2.94. The van der Waals surface area contributed by atoms with Gasteiger partial charge in [-0.1, -0.05) is 30.3 Å². The zero-order chi connectivity index (χ0) is 17.0. The summed E-state index contributed by atoms with van der Waals surface area (Å²) in [5.41, 5.74) is -2.81. The van der Waals surface area contributed by atoms with Crippen LogP contribution in [0.4, 0.5) is 13.2 Å². The van der Waals surface area contributed by atoms with Gasteiger partial charge in [0.2, 0.25) is 0 Å². The van der Waals surface area contributed by atoms with E-state index < -0.39 is 29.8 Å². The fourth-order valence-electron chi connectivity index (χ4n) is 1.96. The van der Waals surface area contributed by atoms with Crippen LogP contribution >= 0.6 is 0 Å². The second-order valence-corrected chi connectivity index (χ2v) is 6.31. The summed E-state index contributed by atoms with van der Waals surface area (Å²) in [5, 5.41) is 10.2. The number of carbonyl (C=O) groups is 1. The van der Waals surface area contributed by atoms with Gasteiger partial charge in [0.15, 0.2) is 5.60 Å². The smallest absolute Gasteiger partial charge is 0.392 e. The maximum atomic E-state index is 12.7. The lowest BCUT2D eigenvalue weighted by atomic mass is 9.91. The molecule has 0 saturated carbocycles. The number of halogens is 3. The van der Waals surface area contributed by atoms with Gasteiger partial charge in [0.25, 0.3) is 0 Å². The van der Waals surface area contributed by atoms with Gasteiger partial charge in [0, 0.05) is 0 Å². The number of benzene rings is 1. The molecule has 1 aromatic carbocycles. The van der Waals surface area contributed by atoms with Gasteiger partial charge in [-0.25, -0.2) is 4.79 Å². The van der Waals surface area contributed by atoms with Crippen LogP contribution in [0, 0.1) is 0 Å². The second kappa shape index (κ2) is 6.69. The minimum atomic E-state index is -4.66. The molecule has 3 nitrogen and oxygen atoms in total. The molecule has 0 radical (unpaired) electrons. The monoisotopic (exact) mass is 318 g/mol. The Hall–Kier alpha value is -1.56. The molecule has 0 aliphatic heterocycles. The molecule has 124 valence electrons. The van der Waals surface area contributed by atoms with E-state index in [-0.39, 0.29) is 12.8 Å². The van der Waals surface area contributed by atoms with E-state index in [1.54, 1.807) is 30.3 Å². The Labute approximate surface area is 128 Å². The van der Waals surface area contributed by atoms with Crippen LogP contribution < -0.4 is 0 Å². The summed E-state index contributed by atoms with van der Waals surface area (Å²) in [6.45, 7) is 4.61. The van der Waals surface area contributed by atoms with E-state index in [0.29, 0.717) is 0 Å². The van der Waals surface area contributed by atoms with Crippen molar-refractivity contribution in [3.05, 3.63) is 35.9 Å². The summed E-state index contributed by atoms with van der Waals surface area (Å²) in [6.07, 6.45) is -6.50. The van der Waals surface area contributed by atoms with Crippen LogP contribution in [0.1, 0.15) is 39.2 Å². The number of rotatable bonds is 5. The van der Waals surface area contributed by atoms with Gasteiger partial charge in [-0.05, 0) is 39.2 Å². The minimum absolute atomic E-state index is 0.145. The molecule has 1 rings (SSSR count). The lowest BCUT2D eigenvalue weighted by molar-refractivity contribution is -0.206. The highest BCUT2D eigenvalue weighted by Gasteiger charge is 2.48. The zero-order valence-corrected chi connectivity index (χ0v) is 12.9. The van der Waals surface area contributed by atoms with Crippen LogP contribution in [-0.2, 0) is 16.0 Å². The SMILES string of the molecule is CC(C)(C)OC(=O)C(O)(CCc1ccccc1)CC(F)(F)F. The second-order valence-electron chi connectivity index (χ2n) is 6.31. The molecule has 0 spiro atoms. The van der Waals surface area contributed by atoms with E-state index in [0.717, 1.165) is 5.56 Å². The summed E-state index contributed by atoms with van der Waals surface area (Å²) >= 11 is 0. The molecule has 1 aromatic rings. The molecule has 0 aromatic heterocycles. The zero-order valence-electron chi connectivity index (χ0n) is 12.9.